The van der Waals surface area contributed by atoms with Crippen LogP contribution in [0.2, 0.25) is 5.02 Å². The number of rotatable bonds is 6. The molecule has 1 N–H and O–H groups in total. The molecule has 1 amide bonds. The minimum atomic E-state index is -1.07. The third-order valence-corrected chi connectivity index (χ3v) is 4.91. The van der Waals surface area contributed by atoms with E-state index >= 15 is 0 Å². The van der Waals surface area contributed by atoms with Gasteiger partial charge in [-0.25, -0.2) is 4.79 Å². The largest absolute Gasteiger partial charge is 0.481 e. The first kappa shape index (κ1) is 22.7. The van der Waals surface area contributed by atoms with E-state index in [2.05, 4.69) is 25.7 Å². The SMILES string of the molecule is CC(C)Sc1cc(C#Cc2cc(Cl)ccc2OCC(=O)O)ccc1C(=O)N(C)C. The van der Waals surface area contributed by atoms with Crippen LogP contribution in [0.1, 0.15) is 35.3 Å². The molecule has 0 aliphatic carbocycles. The first-order valence-corrected chi connectivity index (χ1v) is 10.1. The number of nitrogens with zero attached hydrogens (tertiary/aromatic N) is 1. The van der Waals surface area contributed by atoms with Gasteiger partial charge in [-0.2, -0.15) is 0 Å². The number of hydrogen-bond acceptors (Lipinski definition) is 4. The van der Waals surface area contributed by atoms with E-state index in [0.29, 0.717) is 27.1 Å². The lowest BCUT2D eigenvalue weighted by atomic mass is 10.1. The normalized spacial score (nSPS) is 10.3. The average molecular weight is 432 g/mol. The number of thioether (sulfide) groups is 1. The highest BCUT2D eigenvalue weighted by Gasteiger charge is 2.15. The van der Waals surface area contributed by atoms with Crippen molar-refractivity contribution in [3.05, 3.63) is 58.1 Å². The highest BCUT2D eigenvalue weighted by atomic mass is 35.5. The Morgan fingerprint density at radius 3 is 2.52 bits per heavy atom. The van der Waals surface area contributed by atoms with Gasteiger partial charge in [-0.1, -0.05) is 37.3 Å². The topological polar surface area (TPSA) is 66.8 Å². The molecule has 7 heteroatoms. The molecule has 0 saturated carbocycles. The predicted molar refractivity (Wildman–Crippen MR) is 116 cm³/mol. The van der Waals surface area contributed by atoms with Crippen LogP contribution in [0.25, 0.3) is 0 Å². The molecule has 0 unspecified atom stereocenters. The summed E-state index contributed by atoms with van der Waals surface area (Å²) in [6.45, 7) is 3.66. The average Bonchev–Trinajstić information content (AvgIpc) is 2.64. The van der Waals surface area contributed by atoms with Gasteiger partial charge in [0.25, 0.3) is 5.91 Å². The van der Waals surface area contributed by atoms with Gasteiger partial charge in [0.05, 0.1) is 11.1 Å². The summed E-state index contributed by atoms with van der Waals surface area (Å²) in [5.74, 6) is 5.25. The molecular weight excluding hydrogens is 410 g/mol. The number of carbonyl (C=O) groups excluding carboxylic acids is 1. The number of carboxylic acid groups (broad SMARTS) is 1. The Morgan fingerprint density at radius 2 is 1.90 bits per heavy atom. The lowest BCUT2D eigenvalue weighted by molar-refractivity contribution is -0.139. The van der Waals surface area contributed by atoms with E-state index in [4.69, 9.17) is 21.4 Å². The van der Waals surface area contributed by atoms with Gasteiger partial charge in [-0.05, 0) is 36.4 Å². The van der Waals surface area contributed by atoms with E-state index in [1.54, 1.807) is 61.1 Å². The molecule has 0 spiro atoms. The molecule has 0 aliphatic rings. The molecule has 29 heavy (non-hydrogen) atoms. The second-order valence-electron chi connectivity index (χ2n) is 6.65. The number of ether oxygens (including phenoxy) is 1. The molecule has 0 fully saturated rings. The Hall–Kier alpha value is -2.62. The first-order chi connectivity index (χ1) is 13.7. The molecule has 0 saturated heterocycles. The van der Waals surface area contributed by atoms with Gasteiger partial charge in [-0.3, -0.25) is 4.79 Å². The van der Waals surface area contributed by atoms with Crippen molar-refractivity contribution in [2.45, 2.75) is 24.0 Å². The van der Waals surface area contributed by atoms with Crippen molar-refractivity contribution in [2.75, 3.05) is 20.7 Å². The van der Waals surface area contributed by atoms with Crippen molar-refractivity contribution < 1.29 is 19.4 Å². The Morgan fingerprint density at radius 1 is 1.17 bits per heavy atom. The van der Waals surface area contributed by atoms with E-state index < -0.39 is 12.6 Å². The summed E-state index contributed by atoms with van der Waals surface area (Å²) in [7, 11) is 3.44. The van der Waals surface area contributed by atoms with Gasteiger partial charge in [0.15, 0.2) is 6.61 Å². The van der Waals surface area contributed by atoms with Gasteiger partial charge >= 0.3 is 5.97 Å². The van der Waals surface area contributed by atoms with Gasteiger partial charge in [0, 0.05) is 34.8 Å². The van der Waals surface area contributed by atoms with Crippen LogP contribution >= 0.6 is 23.4 Å². The summed E-state index contributed by atoms with van der Waals surface area (Å²) in [5, 5.41) is 9.59. The smallest absolute Gasteiger partial charge is 0.341 e. The Kier molecular flexibility index (Phi) is 8.00. The van der Waals surface area contributed by atoms with Gasteiger partial charge < -0.3 is 14.7 Å². The fourth-order valence-electron chi connectivity index (χ4n) is 2.37. The lowest BCUT2D eigenvalue weighted by Crippen LogP contribution is -2.22. The number of hydrogen-bond donors (Lipinski definition) is 1. The molecule has 2 rings (SSSR count). The molecule has 152 valence electrons. The number of amides is 1. The van der Waals surface area contributed by atoms with Gasteiger partial charge in [0.2, 0.25) is 0 Å². The zero-order chi connectivity index (χ0) is 21.6. The number of carbonyl (C=O) groups is 2. The first-order valence-electron chi connectivity index (χ1n) is 8.86. The molecule has 0 heterocycles. The molecule has 2 aromatic rings. The second-order valence-corrected chi connectivity index (χ2v) is 8.70. The quantitative estimate of drug-likeness (QED) is 0.542. The van der Waals surface area contributed by atoms with E-state index in [-0.39, 0.29) is 5.91 Å². The Labute approximate surface area is 180 Å². The predicted octanol–water partition coefficient (Wildman–Crippen LogP) is 4.41. The standard InChI is InChI=1S/C22H22ClNO4S/c1-14(2)29-20-11-15(6-9-18(20)22(27)24(3)4)5-7-16-12-17(23)8-10-19(16)28-13-21(25)26/h6,8-12,14H,13H2,1-4H3,(H,25,26). The van der Waals surface area contributed by atoms with Crippen LogP contribution in [0.4, 0.5) is 0 Å². The highest BCUT2D eigenvalue weighted by Crippen LogP contribution is 2.29. The van der Waals surface area contributed by atoms with Crippen LogP contribution in [-0.2, 0) is 4.79 Å². The summed E-state index contributed by atoms with van der Waals surface area (Å²) >= 11 is 7.64. The van der Waals surface area contributed by atoms with E-state index in [0.717, 1.165) is 10.5 Å². The summed E-state index contributed by atoms with van der Waals surface area (Å²) in [6, 6.07) is 10.3. The summed E-state index contributed by atoms with van der Waals surface area (Å²) in [5.41, 5.74) is 1.85. The molecular formula is C22H22ClNO4S. The third kappa shape index (κ3) is 6.74. The summed E-state index contributed by atoms with van der Waals surface area (Å²) in [6.07, 6.45) is 0. The van der Waals surface area contributed by atoms with Crippen molar-refractivity contribution in [1.82, 2.24) is 4.90 Å². The van der Waals surface area contributed by atoms with Crippen LogP contribution in [0, 0.1) is 11.8 Å². The van der Waals surface area contributed by atoms with Crippen LogP contribution in [0.5, 0.6) is 5.75 Å². The third-order valence-electron chi connectivity index (χ3n) is 3.62. The van der Waals surface area contributed by atoms with Crippen molar-refractivity contribution in [3.63, 3.8) is 0 Å². The maximum absolute atomic E-state index is 12.4. The lowest BCUT2D eigenvalue weighted by Gasteiger charge is -2.15. The summed E-state index contributed by atoms with van der Waals surface area (Å²) < 4.78 is 5.28. The maximum atomic E-state index is 12.4. The van der Waals surface area contributed by atoms with Gasteiger partial charge in [-0.15, -0.1) is 11.8 Å². The van der Waals surface area contributed by atoms with Crippen molar-refractivity contribution in [3.8, 4) is 17.6 Å². The van der Waals surface area contributed by atoms with Crippen LogP contribution < -0.4 is 4.74 Å². The molecule has 5 nitrogen and oxygen atoms in total. The second kappa shape index (κ2) is 10.2. The minimum Gasteiger partial charge on any atom is -0.481 e. The fourth-order valence-corrected chi connectivity index (χ4v) is 3.53. The number of halogens is 1. The molecule has 0 bridgehead atoms. The fraction of sp³-hybridized carbons (Fsp3) is 0.273. The van der Waals surface area contributed by atoms with Crippen molar-refractivity contribution in [1.29, 1.82) is 0 Å². The van der Waals surface area contributed by atoms with E-state index in [9.17, 15) is 9.59 Å². The Balaban J connectivity index is 2.41. The summed E-state index contributed by atoms with van der Waals surface area (Å²) in [4.78, 5) is 25.6. The highest BCUT2D eigenvalue weighted by molar-refractivity contribution is 8.00. The zero-order valence-corrected chi connectivity index (χ0v) is 18.2. The zero-order valence-electron chi connectivity index (χ0n) is 16.7. The van der Waals surface area contributed by atoms with Crippen molar-refractivity contribution in [2.24, 2.45) is 0 Å². The van der Waals surface area contributed by atoms with Crippen LogP contribution in [-0.4, -0.2) is 47.8 Å². The molecule has 0 aliphatic heterocycles. The molecule has 0 radical (unpaired) electrons. The van der Waals surface area contributed by atoms with Crippen LogP contribution in [0.3, 0.4) is 0 Å². The molecule has 0 aromatic heterocycles. The van der Waals surface area contributed by atoms with Crippen LogP contribution in [0.15, 0.2) is 41.3 Å². The van der Waals surface area contributed by atoms with Crippen molar-refractivity contribution >= 4 is 35.2 Å². The molecule has 0 atom stereocenters. The number of benzene rings is 2. The van der Waals surface area contributed by atoms with Gasteiger partial charge in [0.1, 0.15) is 5.75 Å². The number of aliphatic carboxylic acids is 1. The van der Waals surface area contributed by atoms with E-state index in [1.165, 1.54) is 0 Å². The monoisotopic (exact) mass is 431 g/mol. The maximum Gasteiger partial charge on any atom is 0.341 e. The molecule has 2 aromatic carbocycles. The van der Waals surface area contributed by atoms with E-state index in [1.807, 2.05) is 6.07 Å². The minimum absolute atomic E-state index is 0.0631. The Bertz CT molecular complexity index is 977. The number of carboxylic acids is 1.